The van der Waals surface area contributed by atoms with Gasteiger partial charge in [0.1, 0.15) is 0 Å². The molecule has 0 spiro atoms. The number of amides is 2. The SMILES string of the molecule is C=CCN1C(=O)SC(=Cc2cc(Cl)c(O)c(OCC)c2)C1=O. The highest BCUT2D eigenvalue weighted by atomic mass is 35.5. The van der Waals surface area contributed by atoms with Gasteiger partial charge in [-0.25, -0.2) is 0 Å². The predicted octanol–water partition coefficient (Wildman–Crippen LogP) is 3.67. The van der Waals surface area contributed by atoms with Crippen LogP contribution in [0, 0.1) is 0 Å². The molecule has 1 N–H and O–H groups in total. The van der Waals surface area contributed by atoms with E-state index in [1.165, 1.54) is 12.1 Å². The maximum Gasteiger partial charge on any atom is 0.293 e. The first-order valence-electron chi connectivity index (χ1n) is 6.49. The van der Waals surface area contributed by atoms with Crippen LogP contribution in [-0.2, 0) is 4.79 Å². The molecule has 1 heterocycles. The maximum atomic E-state index is 12.1. The van der Waals surface area contributed by atoms with Gasteiger partial charge in [-0.3, -0.25) is 14.5 Å². The molecule has 1 aromatic carbocycles. The van der Waals surface area contributed by atoms with Gasteiger partial charge in [0, 0.05) is 6.54 Å². The molecular formula is C15H14ClNO4S. The van der Waals surface area contributed by atoms with Crippen molar-refractivity contribution in [3.8, 4) is 11.5 Å². The second kappa shape index (κ2) is 6.89. The van der Waals surface area contributed by atoms with Crippen LogP contribution in [0.25, 0.3) is 6.08 Å². The van der Waals surface area contributed by atoms with E-state index in [-0.39, 0.29) is 39.1 Å². The second-order valence-electron chi connectivity index (χ2n) is 4.36. The van der Waals surface area contributed by atoms with Gasteiger partial charge in [0.2, 0.25) is 0 Å². The molecule has 116 valence electrons. The maximum absolute atomic E-state index is 12.1. The van der Waals surface area contributed by atoms with E-state index < -0.39 is 0 Å². The number of thioether (sulfide) groups is 1. The van der Waals surface area contributed by atoms with Crippen LogP contribution in [0.1, 0.15) is 12.5 Å². The molecule has 0 aromatic heterocycles. The molecule has 2 amide bonds. The zero-order valence-corrected chi connectivity index (χ0v) is 13.4. The standard InChI is InChI=1S/C15H14ClNO4S/c1-3-5-17-14(19)12(22-15(17)20)8-9-6-10(16)13(18)11(7-9)21-4-2/h3,6-8,18H,1,4-5H2,2H3. The fraction of sp³-hybridized carbons (Fsp3) is 0.200. The van der Waals surface area contributed by atoms with Gasteiger partial charge in [0.15, 0.2) is 11.5 Å². The van der Waals surface area contributed by atoms with Crippen molar-refractivity contribution < 1.29 is 19.4 Å². The van der Waals surface area contributed by atoms with E-state index in [1.54, 1.807) is 19.1 Å². The molecule has 1 saturated heterocycles. The third-order valence-corrected chi connectivity index (χ3v) is 4.03. The third kappa shape index (κ3) is 3.28. The lowest BCUT2D eigenvalue weighted by Crippen LogP contribution is -2.27. The third-order valence-electron chi connectivity index (χ3n) is 2.83. The van der Waals surface area contributed by atoms with Gasteiger partial charge >= 0.3 is 0 Å². The molecule has 1 aliphatic rings. The summed E-state index contributed by atoms with van der Waals surface area (Å²) in [6.45, 7) is 5.83. The predicted molar refractivity (Wildman–Crippen MR) is 87.2 cm³/mol. The van der Waals surface area contributed by atoms with Crippen LogP contribution in [0.4, 0.5) is 4.79 Å². The summed E-state index contributed by atoms with van der Waals surface area (Å²) in [6.07, 6.45) is 3.03. The van der Waals surface area contributed by atoms with Crippen LogP contribution in [0.2, 0.25) is 5.02 Å². The number of hydrogen-bond acceptors (Lipinski definition) is 5. The van der Waals surface area contributed by atoms with E-state index >= 15 is 0 Å². The lowest BCUT2D eigenvalue weighted by atomic mass is 10.2. The van der Waals surface area contributed by atoms with Crippen molar-refractivity contribution in [3.05, 3.63) is 40.3 Å². The summed E-state index contributed by atoms with van der Waals surface area (Å²) in [4.78, 5) is 25.3. The minimum atomic E-state index is -0.378. The molecular weight excluding hydrogens is 326 g/mol. The van der Waals surface area contributed by atoms with E-state index in [0.29, 0.717) is 12.2 Å². The molecule has 1 aromatic rings. The van der Waals surface area contributed by atoms with Crippen molar-refractivity contribution in [1.82, 2.24) is 4.90 Å². The molecule has 0 bridgehead atoms. The molecule has 5 nitrogen and oxygen atoms in total. The lowest BCUT2D eigenvalue weighted by Gasteiger charge is -2.09. The fourth-order valence-corrected chi connectivity index (χ4v) is 2.95. The van der Waals surface area contributed by atoms with Crippen LogP contribution >= 0.6 is 23.4 Å². The number of phenolic OH excluding ortho intramolecular Hbond substituents is 1. The summed E-state index contributed by atoms with van der Waals surface area (Å²) >= 11 is 6.79. The molecule has 2 rings (SSSR count). The first-order valence-corrected chi connectivity index (χ1v) is 7.69. The number of halogens is 1. The zero-order valence-electron chi connectivity index (χ0n) is 11.8. The Morgan fingerprint density at radius 1 is 1.45 bits per heavy atom. The average molecular weight is 340 g/mol. The summed E-state index contributed by atoms with van der Waals surface area (Å²) in [7, 11) is 0. The van der Waals surface area contributed by atoms with E-state index in [0.717, 1.165) is 16.7 Å². The number of carbonyl (C=O) groups excluding carboxylic acids is 2. The van der Waals surface area contributed by atoms with E-state index in [1.807, 2.05) is 0 Å². The van der Waals surface area contributed by atoms with Gasteiger partial charge in [-0.2, -0.15) is 0 Å². The number of ether oxygens (including phenoxy) is 1. The Hall–Kier alpha value is -1.92. The Kier molecular flexibility index (Phi) is 5.15. The van der Waals surface area contributed by atoms with Gasteiger partial charge in [-0.05, 0) is 42.5 Å². The van der Waals surface area contributed by atoms with Crippen molar-refractivity contribution in [3.63, 3.8) is 0 Å². The monoisotopic (exact) mass is 339 g/mol. The van der Waals surface area contributed by atoms with Crippen LogP contribution in [0.15, 0.2) is 29.7 Å². The van der Waals surface area contributed by atoms with Crippen LogP contribution in [0.5, 0.6) is 11.5 Å². The van der Waals surface area contributed by atoms with Gasteiger partial charge in [0.25, 0.3) is 11.1 Å². The molecule has 1 fully saturated rings. The number of nitrogens with zero attached hydrogens (tertiary/aromatic N) is 1. The summed E-state index contributed by atoms with van der Waals surface area (Å²) in [5.41, 5.74) is 0.565. The van der Waals surface area contributed by atoms with Crippen LogP contribution in [0.3, 0.4) is 0 Å². The molecule has 0 unspecified atom stereocenters. The van der Waals surface area contributed by atoms with Crippen LogP contribution in [-0.4, -0.2) is 34.3 Å². The molecule has 1 aliphatic heterocycles. The Labute approximate surface area is 137 Å². The Morgan fingerprint density at radius 2 is 2.18 bits per heavy atom. The molecule has 22 heavy (non-hydrogen) atoms. The number of benzene rings is 1. The number of aromatic hydroxyl groups is 1. The van der Waals surface area contributed by atoms with Gasteiger partial charge in [-0.15, -0.1) is 6.58 Å². The number of phenols is 1. The van der Waals surface area contributed by atoms with Gasteiger partial charge in [-0.1, -0.05) is 17.7 Å². The van der Waals surface area contributed by atoms with E-state index in [4.69, 9.17) is 16.3 Å². The highest BCUT2D eigenvalue weighted by Crippen LogP contribution is 2.38. The zero-order chi connectivity index (χ0) is 16.3. The largest absolute Gasteiger partial charge is 0.503 e. The first kappa shape index (κ1) is 16.5. The highest BCUT2D eigenvalue weighted by Gasteiger charge is 2.34. The molecule has 7 heteroatoms. The number of imide groups is 1. The Morgan fingerprint density at radius 3 is 2.82 bits per heavy atom. The normalized spacial score (nSPS) is 16.5. The number of rotatable bonds is 5. The molecule has 0 atom stereocenters. The smallest absolute Gasteiger partial charge is 0.293 e. The summed E-state index contributed by atoms with van der Waals surface area (Å²) < 4.78 is 5.28. The molecule has 0 radical (unpaired) electrons. The average Bonchev–Trinajstić information content (AvgIpc) is 2.72. The summed E-state index contributed by atoms with van der Waals surface area (Å²) in [5.74, 6) is -0.302. The van der Waals surface area contributed by atoms with Crippen molar-refractivity contribution in [1.29, 1.82) is 0 Å². The number of hydrogen-bond donors (Lipinski definition) is 1. The first-order chi connectivity index (χ1) is 10.5. The quantitative estimate of drug-likeness (QED) is 0.655. The topological polar surface area (TPSA) is 66.8 Å². The van der Waals surface area contributed by atoms with E-state index in [9.17, 15) is 14.7 Å². The lowest BCUT2D eigenvalue weighted by molar-refractivity contribution is -0.122. The minimum Gasteiger partial charge on any atom is -0.503 e. The fourth-order valence-electron chi connectivity index (χ4n) is 1.88. The number of carbonyl (C=O) groups is 2. The van der Waals surface area contributed by atoms with Crippen LogP contribution < -0.4 is 4.74 Å². The summed E-state index contributed by atoms with van der Waals surface area (Å²) in [6, 6.07) is 3.06. The van der Waals surface area contributed by atoms with E-state index in [2.05, 4.69) is 6.58 Å². The molecule has 0 saturated carbocycles. The van der Waals surface area contributed by atoms with Crippen molar-refractivity contribution >= 4 is 40.6 Å². The van der Waals surface area contributed by atoms with Crippen molar-refractivity contribution in [2.45, 2.75) is 6.92 Å². The Bertz CT molecular complexity index is 672. The van der Waals surface area contributed by atoms with Crippen molar-refractivity contribution in [2.75, 3.05) is 13.2 Å². The second-order valence-corrected chi connectivity index (χ2v) is 5.76. The highest BCUT2D eigenvalue weighted by molar-refractivity contribution is 8.18. The Balaban J connectivity index is 2.35. The van der Waals surface area contributed by atoms with Gasteiger partial charge in [0.05, 0.1) is 16.5 Å². The van der Waals surface area contributed by atoms with Crippen molar-refractivity contribution in [2.24, 2.45) is 0 Å². The molecule has 0 aliphatic carbocycles. The minimum absolute atomic E-state index is 0.113. The van der Waals surface area contributed by atoms with Gasteiger partial charge < -0.3 is 9.84 Å². The summed E-state index contributed by atoms with van der Waals surface area (Å²) in [5, 5.41) is 9.57.